The molecule has 0 saturated heterocycles. The number of carbonyl (C=O) groups is 1. The Bertz CT molecular complexity index is 1290. The van der Waals surface area contributed by atoms with Crippen molar-refractivity contribution in [2.24, 2.45) is 0 Å². The van der Waals surface area contributed by atoms with Crippen LogP contribution in [0, 0.1) is 0 Å². The molecule has 69 heavy (non-hydrogen) atoms. The highest BCUT2D eigenvalue weighted by Gasteiger charge is 2.26. The SMILES string of the molecule is CC/C=C\C/C=C\C/C=C\C/C=C\CCCCCCCCCCCCC(=O)OC(COCCCCCCCCCCCCCC/C=C\CCCCCCCCCC)COP(=O)(O)OCC[N+](C)(C)C. The molecule has 0 spiro atoms. The largest absolute Gasteiger partial charge is 0.472 e. The number of esters is 1. The highest BCUT2D eigenvalue weighted by Crippen LogP contribution is 2.43. The molecular formula is C60H113NO7P+. The van der Waals surface area contributed by atoms with E-state index < -0.39 is 13.9 Å². The van der Waals surface area contributed by atoms with Gasteiger partial charge in [0.2, 0.25) is 0 Å². The third-order valence-corrected chi connectivity index (χ3v) is 13.5. The van der Waals surface area contributed by atoms with Crippen molar-refractivity contribution in [1.82, 2.24) is 0 Å². The molecule has 2 unspecified atom stereocenters. The fourth-order valence-electron chi connectivity index (χ4n) is 8.13. The molecule has 0 amide bonds. The molecule has 0 rings (SSSR count). The second-order valence-corrected chi connectivity index (χ2v) is 22.1. The van der Waals surface area contributed by atoms with Gasteiger partial charge in [0.05, 0.1) is 34.4 Å². The van der Waals surface area contributed by atoms with E-state index in [2.05, 4.69) is 74.6 Å². The van der Waals surface area contributed by atoms with Gasteiger partial charge in [-0.05, 0) is 77.0 Å². The third-order valence-electron chi connectivity index (χ3n) is 12.6. The molecule has 0 aliphatic heterocycles. The van der Waals surface area contributed by atoms with Crippen LogP contribution in [0.25, 0.3) is 0 Å². The van der Waals surface area contributed by atoms with Gasteiger partial charge >= 0.3 is 13.8 Å². The van der Waals surface area contributed by atoms with Crippen LogP contribution in [-0.2, 0) is 27.9 Å². The summed E-state index contributed by atoms with van der Waals surface area (Å²) in [4.78, 5) is 23.1. The van der Waals surface area contributed by atoms with Gasteiger partial charge in [0, 0.05) is 13.0 Å². The Balaban J connectivity index is 4.07. The predicted octanol–water partition coefficient (Wildman–Crippen LogP) is 18.4. The van der Waals surface area contributed by atoms with E-state index in [1.807, 2.05) is 21.1 Å². The van der Waals surface area contributed by atoms with E-state index in [1.54, 1.807) is 0 Å². The second-order valence-electron chi connectivity index (χ2n) is 20.6. The molecule has 0 aromatic carbocycles. The predicted molar refractivity (Wildman–Crippen MR) is 298 cm³/mol. The summed E-state index contributed by atoms with van der Waals surface area (Å²) in [6.45, 7) is 5.54. The maximum atomic E-state index is 12.8. The molecule has 0 heterocycles. The molecule has 0 aliphatic rings. The lowest BCUT2D eigenvalue weighted by Crippen LogP contribution is -2.37. The smallest absolute Gasteiger partial charge is 0.457 e. The lowest BCUT2D eigenvalue weighted by molar-refractivity contribution is -0.870. The lowest BCUT2D eigenvalue weighted by Gasteiger charge is -2.24. The molecule has 0 fully saturated rings. The molecule has 0 aromatic heterocycles. The number of nitrogens with zero attached hydrogens (tertiary/aromatic N) is 1. The van der Waals surface area contributed by atoms with Gasteiger partial charge in [-0.2, -0.15) is 0 Å². The van der Waals surface area contributed by atoms with Gasteiger partial charge in [0.15, 0.2) is 0 Å². The molecule has 9 heteroatoms. The number of unbranched alkanes of at least 4 members (excludes halogenated alkanes) is 30. The number of phosphoric acid groups is 1. The summed E-state index contributed by atoms with van der Waals surface area (Å²) in [6.07, 6.45) is 68.5. The van der Waals surface area contributed by atoms with Crippen molar-refractivity contribution >= 4 is 13.8 Å². The molecule has 2 atom stereocenters. The van der Waals surface area contributed by atoms with E-state index in [0.717, 1.165) is 57.8 Å². The van der Waals surface area contributed by atoms with Gasteiger partial charge in [-0.15, -0.1) is 0 Å². The maximum absolute atomic E-state index is 12.8. The Morgan fingerprint density at radius 3 is 1.28 bits per heavy atom. The number of carbonyl (C=O) groups excluding carboxylic acids is 1. The van der Waals surface area contributed by atoms with Crippen LogP contribution >= 0.6 is 7.82 Å². The Morgan fingerprint density at radius 1 is 0.464 bits per heavy atom. The minimum Gasteiger partial charge on any atom is -0.457 e. The molecule has 8 nitrogen and oxygen atoms in total. The fourth-order valence-corrected chi connectivity index (χ4v) is 8.87. The molecule has 0 aliphatic carbocycles. The Morgan fingerprint density at radius 2 is 0.841 bits per heavy atom. The zero-order valence-corrected chi connectivity index (χ0v) is 46.9. The van der Waals surface area contributed by atoms with Crippen molar-refractivity contribution in [3.8, 4) is 0 Å². The summed E-state index contributed by atoms with van der Waals surface area (Å²) in [5, 5.41) is 0. The summed E-state index contributed by atoms with van der Waals surface area (Å²) in [5.41, 5.74) is 0. The van der Waals surface area contributed by atoms with Gasteiger partial charge in [-0.3, -0.25) is 13.8 Å². The van der Waals surface area contributed by atoms with Crippen molar-refractivity contribution in [1.29, 1.82) is 0 Å². The number of quaternary nitrogens is 1. The third kappa shape index (κ3) is 57.0. The van der Waals surface area contributed by atoms with E-state index in [-0.39, 0.29) is 25.8 Å². The monoisotopic (exact) mass is 991 g/mol. The molecule has 0 radical (unpaired) electrons. The normalized spacial score (nSPS) is 13.9. The molecule has 404 valence electrons. The summed E-state index contributed by atoms with van der Waals surface area (Å²) in [5.74, 6) is -0.316. The quantitative estimate of drug-likeness (QED) is 0.0213. The lowest BCUT2D eigenvalue weighted by atomic mass is 10.0. The van der Waals surface area contributed by atoms with Crippen molar-refractivity contribution in [3.63, 3.8) is 0 Å². The van der Waals surface area contributed by atoms with Gasteiger partial charge in [-0.1, -0.05) is 235 Å². The van der Waals surface area contributed by atoms with Crippen LogP contribution in [0.5, 0.6) is 0 Å². The van der Waals surface area contributed by atoms with E-state index in [4.69, 9.17) is 18.5 Å². The maximum Gasteiger partial charge on any atom is 0.472 e. The van der Waals surface area contributed by atoms with Crippen molar-refractivity contribution in [3.05, 3.63) is 60.8 Å². The Labute approximate surface area is 428 Å². The van der Waals surface area contributed by atoms with E-state index in [0.29, 0.717) is 24.1 Å². The Hall–Kier alpha value is -1.80. The van der Waals surface area contributed by atoms with Crippen LogP contribution in [0.4, 0.5) is 0 Å². The number of phosphoric ester groups is 1. The molecule has 0 aromatic rings. The number of hydrogen-bond acceptors (Lipinski definition) is 6. The van der Waals surface area contributed by atoms with Crippen LogP contribution < -0.4 is 0 Å². The molecule has 1 N–H and O–H groups in total. The first-order chi connectivity index (χ1) is 33.6. The zero-order valence-electron chi connectivity index (χ0n) is 46.0. The number of likely N-dealkylation sites (N-methyl/N-ethyl adjacent to an activating group) is 1. The van der Waals surface area contributed by atoms with Crippen LogP contribution in [0.1, 0.15) is 258 Å². The van der Waals surface area contributed by atoms with Crippen LogP contribution in [-0.4, -0.2) is 75.6 Å². The summed E-state index contributed by atoms with van der Waals surface area (Å²) in [7, 11) is 1.67. The first-order valence-corrected chi connectivity index (χ1v) is 30.5. The minimum atomic E-state index is -4.29. The average molecular weight is 992 g/mol. The standard InChI is InChI=1S/C60H112NO7P/c1-6-8-10-12-14-16-18-20-22-24-26-28-30-32-34-36-38-40-42-44-46-48-50-52-55-65-57-59(58-67-69(63,64)66-56-54-61(3,4)5)68-60(62)53-51-49-47-45-43-41-39-37-35-33-31-29-27-25-23-21-19-17-15-13-11-9-7-2/h9,11,15,17,21,23-24,26-27,29,59H,6-8,10,12-14,16,18-20,22,25,28,30-58H2,1-5H3/p+1/b11-9-,17-15-,23-21-,26-24-,29-27-. The van der Waals surface area contributed by atoms with E-state index >= 15 is 0 Å². The second kappa shape index (κ2) is 52.5. The van der Waals surface area contributed by atoms with Gasteiger partial charge < -0.3 is 18.9 Å². The van der Waals surface area contributed by atoms with Gasteiger partial charge in [0.1, 0.15) is 19.3 Å². The number of rotatable bonds is 54. The van der Waals surface area contributed by atoms with Gasteiger partial charge in [-0.25, -0.2) is 4.57 Å². The topological polar surface area (TPSA) is 91.3 Å². The van der Waals surface area contributed by atoms with Crippen LogP contribution in [0.15, 0.2) is 60.8 Å². The number of ether oxygens (including phenoxy) is 2. The molecule has 0 bridgehead atoms. The first kappa shape index (κ1) is 67.2. The Kier molecular flexibility index (Phi) is 51.2. The van der Waals surface area contributed by atoms with Crippen molar-refractivity contribution < 1.29 is 37.3 Å². The van der Waals surface area contributed by atoms with Crippen molar-refractivity contribution in [2.45, 2.75) is 264 Å². The van der Waals surface area contributed by atoms with Crippen LogP contribution in [0.2, 0.25) is 0 Å². The minimum absolute atomic E-state index is 0.0865. The number of hydrogen-bond donors (Lipinski definition) is 1. The highest BCUT2D eigenvalue weighted by atomic mass is 31.2. The zero-order chi connectivity index (χ0) is 50.5. The van der Waals surface area contributed by atoms with Crippen molar-refractivity contribution in [2.75, 3.05) is 54.1 Å². The molecule has 0 saturated carbocycles. The van der Waals surface area contributed by atoms with E-state index in [9.17, 15) is 14.3 Å². The first-order valence-electron chi connectivity index (χ1n) is 29.0. The molecular weight excluding hydrogens is 878 g/mol. The summed E-state index contributed by atoms with van der Waals surface area (Å²) < 4.78 is 35.3. The number of allylic oxidation sites excluding steroid dienone is 10. The average Bonchev–Trinajstić information content (AvgIpc) is 3.31. The summed E-state index contributed by atoms with van der Waals surface area (Å²) >= 11 is 0. The van der Waals surface area contributed by atoms with E-state index in [1.165, 1.54) is 180 Å². The summed E-state index contributed by atoms with van der Waals surface area (Å²) in [6, 6.07) is 0. The van der Waals surface area contributed by atoms with Gasteiger partial charge in [0.25, 0.3) is 0 Å². The highest BCUT2D eigenvalue weighted by molar-refractivity contribution is 7.47. The van der Waals surface area contributed by atoms with Crippen LogP contribution in [0.3, 0.4) is 0 Å². The fraction of sp³-hybridized carbons (Fsp3) is 0.817.